The van der Waals surface area contributed by atoms with Gasteiger partial charge in [-0.3, -0.25) is 4.79 Å². The van der Waals surface area contributed by atoms with Crippen LogP contribution in [0.15, 0.2) is 24.3 Å². The van der Waals surface area contributed by atoms with E-state index in [1.54, 1.807) is 0 Å². The Labute approximate surface area is 128 Å². The van der Waals surface area contributed by atoms with Crippen molar-refractivity contribution < 1.29 is 9.90 Å². The number of aliphatic hydroxyl groups excluding tert-OH is 1. The third-order valence-corrected chi connectivity index (χ3v) is 4.08. The van der Waals surface area contributed by atoms with Gasteiger partial charge in [0.2, 0.25) is 0 Å². The van der Waals surface area contributed by atoms with Crippen LogP contribution < -0.4 is 10.6 Å². The average molecular weight is 292 g/mol. The van der Waals surface area contributed by atoms with Gasteiger partial charge in [0, 0.05) is 23.7 Å². The van der Waals surface area contributed by atoms with E-state index in [0.29, 0.717) is 12.1 Å². The van der Waals surface area contributed by atoms with Crippen LogP contribution in [0.3, 0.4) is 0 Å². The number of hydrogen-bond donors (Lipinski definition) is 3. The molecule has 1 aromatic carbocycles. The first-order valence-electron chi connectivity index (χ1n) is 7.72. The van der Waals surface area contributed by atoms with Gasteiger partial charge in [0.05, 0.1) is 12.2 Å². The third-order valence-electron chi connectivity index (χ3n) is 4.08. The van der Waals surface area contributed by atoms with E-state index >= 15 is 0 Å². The number of benzene rings is 1. The van der Waals surface area contributed by atoms with Crippen LogP contribution in [0.5, 0.6) is 0 Å². The normalized spacial score (nSPS) is 11.5. The van der Waals surface area contributed by atoms with E-state index in [9.17, 15) is 9.90 Å². The smallest absolute Gasteiger partial charge is 0.253 e. The van der Waals surface area contributed by atoms with Crippen LogP contribution in [0, 0.1) is 5.41 Å². The summed E-state index contributed by atoms with van der Waals surface area (Å²) in [6, 6.07) is 7.77. The molecule has 4 nitrogen and oxygen atoms in total. The fraction of sp³-hybridized carbons (Fsp3) is 0.588. The van der Waals surface area contributed by atoms with Crippen LogP contribution in [0.1, 0.15) is 50.9 Å². The standard InChI is InChI=1S/C17H28N2O2/c1-5-17(6-2,12-20)11-18-16(21)14-9-7-8-10-15(14)19-13(3)4/h7-10,13,19-20H,5-6,11-12H2,1-4H3,(H,18,21). The van der Waals surface area contributed by atoms with E-state index < -0.39 is 0 Å². The van der Waals surface area contributed by atoms with E-state index in [1.807, 2.05) is 52.0 Å². The minimum atomic E-state index is -0.226. The number of anilines is 1. The first kappa shape index (κ1) is 17.5. The molecule has 0 aliphatic heterocycles. The van der Waals surface area contributed by atoms with E-state index in [1.165, 1.54) is 0 Å². The van der Waals surface area contributed by atoms with Crippen molar-refractivity contribution in [1.82, 2.24) is 5.32 Å². The monoisotopic (exact) mass is 292 g/mol. The lowest BCUT2D eigenvalue weighted by atomic mass is 9.83. The Kier molecular flexibility index (Phi) is 6.69. The van der Waals surface area contributed by atoms with Gasteiger partial charge in [-0.1, -0.05) is 26.0 Å². The highest BCUT2D eigenvalue weighted by molar-refractivity contribution is 5.99. The quantitative estimate of drug-likeness (QED) is 0.690. The fourth-order valence-electron chi connectivity index (χ4n) is 2.26. The average Bonchev–Trinajstić information content (AvgIpc) is 2.49. The van der Waals surface area contributed by atoms with Crippen LogP contribution in [-0.2, 0) is 0 Å². The number of rotatable bonds is 8. The van der Waals surface area contributed by atoms with E-state index in [0.717, 1.165) is 18.5 Å². The maximum atomic E-state index is 12.4. The number of nitrogens with one attached hydrogen (secondary N) is 2. The molecule has 0 aliphatic carbocycles. The SMILES string of the molecule is CCC(CC)(CO)CNC(=O)c1ccccc1NC(C)C. The van der Waals surface area contributed by atoms with Gasteiger partial charge in [-0.05, 0) is 38.8 Å². The molecule has 0 unspecified atom stereocenters. The van der Waals surface area contributed by atoms with Gasteiger partial charge in [-0.15, -0.1) is 0 Å². The summed E-state index contributed by atoms with van der Waals surface area (Å²) in [6.45, 7) is 8.75. The summed E-state index contributed by atoms with van der Waals surface area (Å²) in [7, 11) is 0. The van der Waals surface area contributed by atoms with E-state index in [4.69, 9.17) is 0 Å². The predicted octanol–water partition coefficient (Wildman–Crippen LogP) is 3.04. The number of amides is 1. The molecule has 1 amide bonds. The molecule has 0 fully saturated rings. The highest BCUT2D eigenvalue weighted by Gasteiger charge is 2.26. The summed E-state index contributed by atoms with van der Waals surface area (Å²) >= 11 is 0. The molecule has 0 aromatic heterocycles. The molecule has 4 heteroatoms. The molecule has 0 spiro atoms. The lowest BCUT2D eigenvalue weighted by molar-refractivity contribution is 0.0851. The van der Waals surface area contributed by atoms with Crippen molar-refractivity contribution in [3.63, 3.8) is 0 Å². The molecule has 118 valence electrons. The molecule has 0 saturated carbocycles. The van der Waals surface area contributed by atoms with Crippen molar-refractivity contribution in [3.8, 4) is 0 Å². The van der Waals surface area contributed by atoms with Crippen molar-refractivity contribution in [2.45, 2.75) is 46.6 Å². The molecule has 0 aliphatic rings. The van der Waals surface area contributed by atoms with Crippen LogP contribution in [-0.4, -0.2) is 30.2 Å². The van der Waals surface area contributed by atoms with Gasteiger partial charge in [0.1, 0.15) is 0 Å². The molecule has 0 radical (unpaired) electrons. The number of para-hydroxylation sites is 1. The van der Waals surface area contributed by atoms with Crippen molar-refractivity contribution in [3.05, 3.63) is 29.8 Å². The Morgan fingerprint density at radius 1 is 1.24 bits per heavy atom. The van der Waals surface area contributed by atoms with E-state index in [-0.39, 0.29) is 24.0 Å². The topological polar surface area (TPSA) is 61.4 Å². The molecule has 1 rings (SSSR count). The Morgan fingerprint density at radius 2 is 1.86 bits per heavy atom. The zero-order valence-corrected chi connectivity index (χ0v) is 13.6. The minimum Gasteiger partial charge on any atom is -0.396 e. The molecule has 0 bridgehead atoms. The van der Waals surface area contributed by atoms with Crippen molar-refractivity contribution in [2.24, 2.45) is 5.41 Å². The molecule has 0 heterocycles. The molecule has 3 N–H and O–H groups in total. The van der Waals surface area contributed by atoms with Gasteiger partial charge in [-0.2, -0.15) is 0 Å². The molecular weight excluding hydrogens is 264 g/mol. The second kappa shape index (κ2) is 8.03. The largest absolute Gasteiger partial charge is 0.396 e. The number of aliphatic hydroxyl groups is 1. The molecular formula is C17H28N2O2. The Bertz CT molecular complexity index is 446. The maximum absolute atomic E-state index is 12.4. The Hall–Kier alpha value is -1.55. The third kappa shape index (κ3) is 4.74. The fourth-order valence-corrected chi connectivity index (χ4v) is 2.26. The molecule has 0 saturated heterocycles. The number of carbonyl (C=O) groups excluding carboxylic acids is 1. The van der Waals surface area contributed by atoms with Crippen molar-refractivity contribution >= 4 is 11.6 Å². The van der Waals surface area contributed by atoms with Gasteiger partial charge in [0.15, 0.2) is 0 Å². The lowest BCUT2D eigenvalue weighted by Crippen LogP contribution is -2.39. The highest BCUT2D eigenvalue weighted by Crippen LogP contribution is 2.25. The summed E-state index contributed by atoms with van der Waals surface area (Å²) in [5.74, 6) is -0.0986. The van der Waals surface area contributed by atoms with Gasteiger partial charge < -0.3 is 15.7 Å². The first-order valence-corrected chi connectivity index (χ1v) is 7.72. The second-order valence-corrected chi connectivity index (χ2v) is 5.89. The van der Waals surface area contributed by atoms with Crippen LogP contribution in [0.25, 0.3) is 0 Å². The Morgan fingerprint density at radius 3 is 2.38 bits per heavy atom. The minimum absolute atomic E-state index is 0.0895. The second-order valence-electron chi connectivity index (χ2n) is 5.89. The lowest BCUT2D eigenvalue weighted by Gasteiger charge is -2.29. The van der Waals surface area contributed by atoms with Crippen LogP contribution in [0.4, 0.5) is 5.69 Å². The summed E-state index contributed by atoms with van der Waals surface area (Å²) in [5, 5.41) is 15.8. The zero-order chi connectivity index (χ0) is 15.9. The van der Waals surface area contributed by atoms with E-state index in [2.05, 4.69) is 10.6 Å². The summed E-state index contributed by atoms with van der Waals surface area (Å²) in [6.07, 6.45) is 1.68. The molecule has 0 atom stereocenters. The van der Waals surface area contributed by atoms with Crippen LogP contribution in [0.2, 0.25) is 0 Å². The zero-order valence-electron chi connectivity index (χ0n) is 13.6. The van der Waals surface area contributed by atoms with Crippen LogP contribution >= 0.6 is 0 Å². The maximum Gasteiger partial charge on any atom is 0.253 e. The Balaban J connectivity index is 2.80. The number of carbonyl (C=O) groups is 1. The van der Waals surface area contributed by atoms with Crippen molar-refractivity contribution in [1.29, 1.82) is 0 Å². The van der Waals surface area contributed by atoms with Gasteiger partial charge in [-0.25, -0.2) is 0 Å². The van der Waals surface area contributed by atoms with Gasteiger partial charge in [0.25, 0.3) is 5.91 Å². The predicted molar refractivity (Wildman–Crippen MR) is 87.6 cm³/mol. The number of hydrogen-bond acceptors (Lipinski definition) is 3. The molecule has 21 heavy (non-hydrogen) atoms. The van der Waals surface area contributed by atoms with Crippen molar-refractivity contribution in [2.75, 3.05) is 18.5 Å². The summed E-state index contributed by atoms with van der Waals surface area (Å²) in [4.78, 5) is 12.4. The first-order chi connectivity index (χ1) is 9.98. The van der Waals surface area contributed by atoms with Gasteiger partial charge >= 0.3 is 0 Å². The summed E-state index contributed by atoms with van der Waals surface area (Å²) < 4.78 is 0. The highest BCUT2D eigenvalue weighted by atomic mass is 16.3. The molecule has 1 aromatic rings. The summed E-state index contributed by atoms with van der Waals surface area (Å²) in [5.41, 5.74) is 1.26.